The topological polar surface area (TPSA) is 68.4 Å². The molecule has 6 nitrogen and oxygen atoms in total. The van der Waals surface area contributed by atoms with Crippen LogP contribution in [0.2, 0.25) is 0 Å². The Morgan fingerprint density at radius 3 is 2.33 bits per heavy atom. The van der Waals surface area contributed by atoms with E-state index in [2.05, 4.69) is 27.1 Å². The summed E-state index contributed by atoms with van der Waals surface area (Å²) in [6.45, 7) is 5.62. The van der Waals surface area contributed by atoms with Crippen molar-refractivity contribution in [2.45, 2.75) is 6.92 Å². The fraction of sp³-hybridized carbons (Fsp3) is 0.333. The first-order chi connectivity index (χ1) is 11.5. The summed E-state index contributed by atoms with van der Waals surface area (Å²) in [5, 5.41) is 2.84. The second kappa shape index (κ2) is 6.88. The van der Waals surface area contributed by atoms with Crippen molar-refractivity contribution in [3.63, 3.8) is 0 Å². The highest BCUT2D eigenvalue weighted by molar-refractivity contribution is 6.05. The van der Waals surface area contributed by atoms with Crippen molar-refractivity contribution in [2.75, 3.05) is 43.4 Å². The standard InChI is InChI=1S/C18H22N4O2/c1-13(23)14-11-17(19-12-14)18(24)20-15-3-5-16(6-4-15)22-9-7-21(2)8-10-22/h3-6,11-12,19H,7-10H2,1-2H3,(H,20,24). The van der Waals surface area contributed by atoms with Gasteiger partial charge < -0.3 is 20.1 Å². The van der Waals surface area contributed by atoms with Crippen molar-refractivity contribution in [2.24, 2.45) is 0 Å². The average Bonchev–Trinajstić information content (AvgIpc) is 3.07. The van der Waals surface area contributed by atoms with Crippen molar-refractivity contribution < 1.29 is 9.59 Å². The summed E-state index contributed by atoms with van der Waals surface area (Å²) in [7, 11) is 2.13. The molecule has 0 aliphatic carbocycles. The number of nitrogens with one attached hydrogen (secondary N) is 2. The number of anilines is 2. The number of benzene rings is 1. The molecule has 0 radical (unpaired) electrons. The van der Waals surface area contributed by atoms with Crippen molar-refractivity contribution in [1.82, 2.24) is 9.88 Å². The lowest BCUT2D eigenvalue weighted by molar-refractivity contribution is 0.101. The summed E-state index contributed by atoms with van der Waals surface area (Å²) in [5.41, 5.74) is 2.78. The highest BCUT2D eigenvalue weighted by Crippen LogP contribution is 2.19. The first-order valence-corrected chi connectivity index (χ1v) is 8.07. The van der Waals surface area contributed by atoms with Gasteiger partial charge in [-0.25, -0.2) is 0 Å². The number of carbonyl (C=O) groups excluding carboxylic acids is 2. The van der Waals surface area contributed by atoms with Gasteiger partial charge in [0.05, 0.1) is 0 Å². The minimum Gasteiger partial charge on any atom is -0.369 e. The van der Waals surface area contributed by atoms with Gasteiger partial charge in [0.15, 0.2) is 5.78 Å². The Hall–Kier alpha value is -2.60. The third-order valence-electron chi connectivity index (χ3n) is 4.33. The SMILES string of the molecule is CC(=O)c1c[nH]c(C(=O)Nc2ccc(N3CCN(C)CC3)cc2)c1. The first-order valence-electron chi connectivity index (χ1n) is 8.07. The summed E-state index contributed by atoms with van der Waals surface area (Å²) in [6.07, 6.45) is 1.55. The van der Waals surface area contributed by atoms with Gasteiger partial charge in [-0.3, -0.25) is 9.59 Å². The molecule has 3 rings (SSSR count). The zero-order valence-electron chi connectivity index (χ0n) is 14.0. The van der Waals surface area contributed by atoms with Gasteiger partial charge in [-0.05, 0) is 44.3 Å². The fourth-order valence-corrected chi connectivity index (χ4v) is 2.75. The molecule has 0 bridgehead atoms. The van der Waals surface area contributed by atoms with Crippen LogP contribution >= 0.6 is 0 Å². The summed E-state index contributed by atoms with van der Waals surface area (Å²) in [5.74, 6) is -0.323. The highest BCUT2D eigenvalue weighted by Gasteiger charge is 2.15. The Morgan fingerprint density at radius 2 is 1.75 bits per heavy atom. The second-order valence-electron chi connectivity index (χ2n) is 6.15. The normalized spacial score (nSPS) is 15.3. The molecule has 0 unspecified atom stereocenters. The molecular weight excluding hydrogens is 304 g/mol. The fourth-order valence-electron chi connectivity index (χ4n) is 2.75. The van der Waals surface area contributed by atoms with Crippen LogP contribution in [0.25, 0.3) is 0 Å². The van der Waals surface area contributed by atoms with Crippen LogP contribution in [0.4, 0.5) is 11.4 Å². The molecule has 2 N–H and O–H groups in total. The number of hydrogen-bond acceptors (Lipinski definition) is 4. The number of carbonyl (C=O) groups is 2. The molecule has 0 spiro atoms. The van der Waals surface area contributed by atoms with Crippen LogP contribution in [-0.4, -0.2) is 54.8 Å². The van der Waals surface area contributed by atoms with Gasteiger partial charge in [-0.2, -0.15) is 0 Å². The molecule has 1 fully saturated rings. The van der Waals surface area contributed by atoms with Gasteiger partial charge in [0, 0.05) is 49.3 Å². The summed E-state index contributed by atoms with van der Waals surface area (Å²) >= 11 is 0. The minimum atomic E-state index is -0.255. The summed E-state index contributed by atoms with van der Waals surface area (Å²) in [4.78, 5) is 31.0. The van der Waals surface area contributed by atoms with Crippen LogP contribution in [0.1, 0.15) is 27.8 Å². The van der Waals surface area contributed by atoms with E-state index in [-0.39, 0.29) is 11.7 Å². The third kappa shape index (κ3) is 3.65. The van der Waals surface area contributed by atoms with Crippen LogP contribution in [0.5, 0.6) is 0 Å². The monoisotopic (exact) mass is 326 g/mol. The van der Waals surface area contributed by atoms with E-state index in [4.69, 9.17) is 0 Å². The number of nitrogens with zero attached hydrogens (tertiary/aromatic N) is 2. The predicted molar refractivity (Wildman–Crippen MR) is 94.9 cm³/mol. The number of hydrogen-bond donors (Lipinski definition) is 2. The van der Waals surface area contributed by atoms with Gasteiger partial charge in [0.25, 0.3) is 5.91 Å². The van der Waals surface area contributed by atoms with Crippen LogP contribution in [-0.2, 0) is 0 Å². The van der Waals surface area contributed by atoms with E-state index in [1.165, 1.54) is 12.6 Å². The number of piperazine rings is 1. The lowest BCUT2D eigenvalue weighted by atomic mass is 10.2. The van der Waals surface area contributed by atoms with Crippen molar-refractivity contribution in [3.05, 3.63) is 47.8 Å². The van der Waals surface area contributed by atoms with E-state index in [1.807, 2.05) is 24.3 Å². The Balaban J connectivity index is 1.63. The number of ketones is 1. The van der Waals surface area contributed by atoms with Crippen molar-refractivity contribution >= 4 is 23.1 Å². The smallest absolute Gasteiger partial charge is 0.272 e. The number of amides is 1. The van der Waals surface area contributed by atoms with E-state index in [0.717, 1.165) is 31.9 Å². The molecule has 1 aliphatic rings. The van der Waals surface area contributed by atoms with Crippen LogP contribution in [0.3, 0.4) is 0 Å². The molecule has 1 aromatic heterocycles. The van der Waals surface area contributed by atoms with Crippen LogP contribution in [0, 0.1) is 0 Å². The Labute approximate surface area is 141 Å². The zero-order chi connectivity index (χ0) is 17.1. The molecule has 1 aromatic carbocycles. The zero-order valence-corrected chi connectivity index (χ0v) is 14.0. The number of aromatic nitrogens is 1. The molecule has 24 heavy (non-hydrogen) atoms. The maximum absolute atomic E-state index is 12.2. The molecule has 1 saturated heterocycles. The maximum Gasteiger partial charge on any atom is 0.272 e. The third-order valence-corrected chi connectivity index (χ3v) is 4.33. The Bertz CT molecular complexity index is 728. The van der Waals surface area contributed by atoms with Gasteiger partial charge in [-0.1, -0.05) is 0 Å². The molecule has 1 aliphatic heterocycles. The molecule has 2 heterocycles. The van der Waals surface area contributed by atoms with Crippen LogP contribution in [0.15, 0.2) is 36.5 Å². The minimum absolute atomic E-state index is 0.0678. The number of Topliss-reactive ketones (excluding diaryl/α,β-unsaturated/α-hetero) is 1. The van der Waals surface area contributed by atoms with Crippen molar-refractivity contribution in [1.29, 1.82) is 0 Å². The number of rotatable bonds is 4. The van der Waals surface area contributed by atoms with E-state index in [9.17, 15) is 9.59 Å². The van der Waals surface area contributed by atoms with Gasteiger partial charge >= 0.3 is 0 Å². The number of H-pyrrole nitrogens is 1. The molecule has 0 saturated carbocycles. The molecule has 2 aromatic rings. The van der Waals surface area contributed by atoms with Gasteiger partial charge in [-0.15, -0.1) is 0 Å². The summed E-state index contributed by atoms with van der Waals surface area (Å²) < 4.78 is 0. The number of aromatic amines is 1. The Morgan fingerprint density at radius 1 is 1.08 bits per heavy atom. The highest BCUT2D eigenvalue weighted by atomic mass is 16.2. The molecule has 126 valence electrons. The molecule has 0 atom stereocenters. The van der Waals surface area contributed by atoms with E-state index in [1.54, 1.807) is 12.3 Å². The summed E-state index contributed by atoms with van der Waals surface area (Å²) in [6, 6.07) is 9.42. The Kier molecular flexibility index (Phi) is 4.66. The largest absolute Gasteiger partial charge is 0.369 e. The van der Waals surface area contributed by atoms with E-state index in [0.29, 0.717) is 11.3 Å². The van der Waals surface area contributed by atoms with Crippen molar-refractivity contribution in [3.8, 4) is 0 Å². The van der Waals surface area contributed by atoms with Crippen LogP contribution < -0.4 is 10.2 Å². The van der Waals surface area contributed by atoms with E-state index < -0.39 is 0 Å². The first kappa shape index (κ1) is 16.3. The van der Waals surface area contributed by atoms with E-state index >= 15 is 0 Å². The second-order valence-corrected chi connectivity index (χ2v) is 6.15. The lowest BCUT2D eigenvalue weighted by Gasteiger charge is -2.34. The lowest BCUT2D eigenvalue weighted by Crippen LogP contribution is -2.44. The maximum atomic E-state index is 12.2. The predicted octanol–water partition coefficient (Wildman–Crippen LogP) is 2.22. The molecule has 1 amide bonds. The average molecular weight is 326 g/mol. The van der Waals surface area contributed by atoms with Gasteiger partial charge in [0.2, 0.25) is 0 Å². The number of likely N-dealkylation sites (N-methyl/N-ethyl adjacent to an activating group) is 1. The molecule has 6 heteroatoms. The molecular formula is C18H22N4O2. The quantitative estimate of drug-likeness (QED) is 0.846. The van der Waals surface area contributed by atoms with Gasteiger partial charge in [0.1, 0.15) is 5.69 Å².